The lowest BCUT2D eigenvalue weighted by atomic mass is 10.0. The summed E-state index contributed by atoms with van der Waals surface area (Å²) in [5, 5.41) is 6.21. The Balaban J connectivity index is 1.87. The summed E-state index contributed by atoms with van der Waals surface area (Å²) in [5.41, 5.74) is 4.94. The van der Waals surface area contributed by atoms with Crippen molar-refractivity contribution in [1.29, 1.82) is 0 Å². The van der Waals surface area contributed by atoms with Crippen LogP contribution in [0.15, 0.2) is 60.8 Å². The molecule has 1 aliphatic heterocycles. The molecule has 0 saturated carbocycles. The second kappa shape index (κ2) is 6.69. The predicted molar refractivity (Wildman–Crippen MR) is 105 cm³/mol. The third-order valence-corrected chi connectivity index (χ3v) is 4.51. The molecule has 5 nitrogen and oxygen atoms in total. The number of benzene rings is 2. The first-order valence-corrected chi connectivity index (χ1v) is 8.70. The maximum absolute atomic E-state index is 12.6. The molecule has 0 atom stereocenters. The van der Waals surface area contributed by atoms with Crippen LogP contribution in [0.1, 0.15) is 15.9 Å². The van der Waals surface area contributed by atoms with Gasteiger partial charge in [-0.3, -0.25) is 4.79 Å². The third kappa shape index (κ3) is 2.97. The smallest absolute Gasteiger partial charge is 0.257 e. The predicted octanol–water partition coefficient (Wildman–Crippen LogP) is 3.32. The van der Waals surface area contributed by atoms with Crippen molar-refractivity contribution in [2.24, 2.45) is 0 Å². The minimum atomic E-state index is -0.0403. The average Bonchev–Trinajstić information content (AvgIpc) is 3.03. The van der Waals surface area contributed by atoms with Gasteiger partial charge in [-0.1, -0.05) is 36.4 Å². The molecular formula is C21H22N4O. The second-order valence-corrected chi connectivity index (χ2v) is 6.77. The maximum Gasteiger partial charge on any atom is 0.257 e. The van der Waals surface area contributed by atoms with Crippen molar-refractivity contribution in [3.05, 3.63) is 71.9 Å². The van der Waals surface area contributed by atoms with Crippen LogP contribution in [0.4, 0.5) is 5.82 Å². The topological polar surface area (TPSA) is 49.3 Å². The number of nitrogens with zero attached hydrogens (tertiary/aromatic N) is 2. The number of aromatic nitrogens is 1. The van der Waals surface area contributed by atoms with Crippen molar-refractivity contribution in [2.75, 3.05) is 26.1 Å². The van der Waals surface area contributed by atoms with Crippen LogP contribution in [0.3, 0.4) is 0 Å². The van der Waals surface area contributed by atoms with Gasteiger partial charge >= 0.3 is 0 Å². The molecule has 2 heterocycles. The van der Waals surface area contributed by atoms with E-state index in [2.05, 4.69) is 58.5 Å². The molecule has 4 rings (SSSR count). The highest BCUT2D eigenvalue weighted by atomic mass is 16.2. The average molecular weight is 346 g/mol. The molecule has 0 unspecified atom stereocenters. The van der Waals surface area contributed by atoms with Crippen molar-refractivity contribution < 1.29 is 4.79 Å². The van der Waals surface area contributed by atoms with Crippen molar-refractivity contribution in [1.82, 2.24) is 14.8 Å². The Hall–Kier alpha value is -3.05. The van der Waals surface area contributed by atoms with E-state index >= 15 is 0 Å². The van der Waals surface area contributed by atoms with Crippen LogP contribution >= 0.6 is 0 Å². The van der Waals surface area contributed by atoms with Gasteiger partial charge in [0.05, 0.1) is 12.2 Å². The van der Waals surface area contributed by atoms with Crippen molar-refractivity contribution in [2.45, 2.75) is 6.54 Å². The van der Waals surface area contributed by atoms with Crippen LogP contribution in [0.25, 0.3) is 16.8 Å². The molecule has 26 heavy (non-hydrogen) atoms. The highest BCUT2D eigenvalue weighted by molar-refractivity contribution is 6.07. The standard InChI is InChI=1S/C21H22N4O/c1-24(2)12-15-7-6-8-16(11-15)18-13-25(17-9-4-3-5-10-17)20-19(18)21(26)23-14-22-20/h3-11,13,22H,12,14H2,1-2H3,(H,23,26). The molecule has 0 bridgehead atoms. The van der Waals surface area contributed by atoms with E-state index in [1.165, 1.54) is 5.56 Å². The van der Waals surface area contributed by atoms with Gasteiger partial charge in [-0.2, -0.15) is 0 Å². The van der Waals surface area contributed by atoms with E-state index < -0.39 is 0 Å². The zero-order chi connectivity index (χ0) is 18.1. The summed E-state index contributed by atoms with van der Waals surface area (Å²) in [4.78, 5) is 14.8. The molecule has 5 heteroatoms. The monoisotopic (exact) mass is 346 g/mol. The number of carbonyl (C=O) groups excluding carboxylic acids is 1. The summed E-state index contributed by atoms with van der Waals surface area (Å²) >= 11 is 0. The van der Waals surface area contributed by atoms with E-state index in [0.29, 0.717) is 12.2 Å². The molecule has 1 aromatic heterocycles. The van der Waals surface area contributed by atoms with Crippen LogP contribution in [0, 0.1) is 0 Å². The Labute approximate surface area is 153 Å². The summed E-state index contributed by atoms with van der Waals surface area (Å²) in [6, 6.07) is 18.5. The van der Waals surface area contributed by atoms with Gasteiger partial charge in [0.1, 0.15) is 5.82 Å². The van der Waals surface area contributed by atoms with E-state index in [1.54, 1.807) is 0 Å². The van der Waals surface area contributed by atoms with Crippen LogP contribution in [0.2, 0.25) is 0 Å². The van der Waals surface area contributed by atoms with E-state index in [9.17, 15) is 4.79 Å². The van der Waals surface area contributed by atoms with Gasteiger partial charge in [0.15, 0.2) is 0 Å². The number of hydrogen-bond acceptors (Lipinski definition) is 3. The molecule has 2 N–H and O–H groups in total. The van der Waals surface area contributed by atoms with Gasteiger partial charge in [-0.25, -0.2) is 0 Å². The summed E-state index contributed by atoms with van der Waals surface area (Å²) < 4.78 is 2.06. The molecule has 132 valence electrons. The van der Waals surface area contributed by atoms with Crippen LogP contribution in [-0.2, 0) is 6.54 Å². The zero-order valence-electron chi connectivity index (χ0n) is 15.0. The number of nitrogens with one attached hydrogen (secondary N) is 2. The number of fused-ring (bicyclic) bond motifs is 1. The minimum Gasteiger partial charge on any atom is -0.353 e. The van der Waals surface area contributed by atoms with Gasteiger partial charge < -0.3 is 20.1 Å². The SMILES string of the molecule is CN(C)Cc1cccc(-c2cn(-c3ccccc3)c3c2C(=O)NCN3)c1. The normalized spacial score (nSPS) is 13.3. The molecule has 3 aromatic rings. The largest absolute Gasteiger partial charge is 0.353 e. The summed E-state index contributed by atoms with van der Waals surface area (Å²) in [5.74, 6) is 0.800. The van der Waals surface area contributed by atoms with Crippen molar-refractivity contribution in [3.63, 3.8) is 0 Å². The number of hydrogen-bond donors (Lipinski definition) is 2. The first-order chi connectivity index (χ1) is 12.6. The number of amides is 1. The molecule has 0 saturated heterocycles. The molecule has 0 spiro atoms. The number of rotatable bonds is 4. The lowest BCUT2D eigenvalue weighted by Gasteiger charge is -2.19. The number of para-hydroxylation sites is 1. The molecule has 0 fully saturated rings. The van der Waals surface area contributed by atoms with Crippen LogP contribution < -0.4 is 10.6 Å². The molecule has 2 aromatic carbocycles. The summed E-state index contributed by atoms with van der Waals surface area (Å²) in [6.07, 6.45) is 2.05. The minimum absolute atomic E-state index is 0.0403. The fourth-order valence-corrected chi connectivity index (χ4v) is 3.42. The number of anilines is 1. The summed E-state index contributed by atoms with van der Waals surface area (Å²) in [7, 11) is 4.11. The van der Waals surface area contributed by atoms with Gasteiger partial charge in [0.2, 0.25) is 0 Å². The third-order valence-electron chi connectivity index (χ3n) is 4.51. The van der Waals surface area contributed by atoms with E-state index in [0.717, 1.165) is 29.2 Å². The van der Waals surface area contributed by atoms with E-state index in [1.807, 2.05) is 36.5 Å². The Kier molecular flexibility index (Phi) is 4.22. The fraction of sp³-hybridized carbons (Fsp3) is 0.190. The first kappa shape index (κ1) is 16.4. The molecule has 0 aliphatic carbocycles. The van der Waals surface area contributed by atoms with Gasteiger partial charge in [0.25, 0.3) is 5.91 Å². The van der Waals surface area contributed by atoms with Gasteiger partial charge in [-0.05, 0) is 43.4 Å². The summed E-state index contributed by atoms with van der Waals surface area (Å²) in [6.45, 7) is 1.29. The molecule has 0 radical (unpaired) electrons. The van der Waals surface area contributed by atoms with Gasteiger partial charge in [-0.15, -0.1) is 0 Å². The highest BCUT2D eigenvalue weighted by Gasteiger charge is 2.26. The van der Waals surface area contributed by atoms with Crippen LogP contribution in [-0.4, -0.2) is 36.1 Å². The lowest BCUT2D eigenvalue weighted by molar-refractivity contribution is 0.0953. The Morgan fingerprint density at radius 2 is 1.85 bits per heavy atom. The Bertz CT molecular complexity index is 944. The molecule has 1 aliphatic rings. The van der Waals surface area contributed by atoms with Gasteiger partial charge in [0, 0.05) is 24.0 Å². The fourth-order valence-electron chi connectivity index (χ4n) is 3.42. The Morgan fingerprint density at radius 1 is 1.04 bits per heavy atom. The van der Waals surface area contributed by atoms with Crippen molar-refractivity contribution in [3.8, 4) is 16.8 Å². The zero-order valence-corrected chi connectivity index (χ0v) is 15.0. The maximum atomic E-state index is 12.6. The van der Waals surface area contributed by atoms with E-state index in [4.69, 9.17) is 0 Å². The number of carbonyl (C=O) groups is 1. The highest BCUT2D eigenvalue weighted by Crippen LogP contribution is 2.35. The first-order valence-electron chi connectivity index (χ1n) is 8.70. The Morgan fingerprint density at radius 3 is 2.62 bits per heavy atom. The van der Waals surface area contributed by atoms with Crippen LogP contribution in [0.5, 0.6) is 0 Å². The van der Waals surface area contributed by atoms with E-state index in [-0.39, 0.29) is 5.91 Å². The second-order valence-electron chi connectivity index (χ2n) is 6.77. The molecular weight excluding hydrogens is 324 g/mol. The lowest BCUT2D eigenvalue weighted by Crippen LogP contribution is -2.35. The molecule has 1 amide bonds. The quantitative estimate of drug-likeness (QED) is 0.762. The van der Waals surface area contributed by atoms with Crippen molar-refractivity contribution >= 4 is 11.7 Å².